The molecule has 0 saturated carbocycles. The third-order valence-corrected chi connectivity index (χ3v) is 1.86. The van der Waals surface area contributed by atoms with Crippen LogP contribution >= 0.6 is 0 Å². The molecule has 0 radical (unpaired) electrons. The van der Waals surface area contributed by atoms with E-state index in [1.165, 1.54) is 0 Å². The van der Waals surface area contributed by atoms with Gasteiger partial charge in [-0.1, -0.05) is 0 Å². The van der Waals surface area contributed by atoms with Crippen LogP contribution in [0.3, 0.4) is 0 Å². The molecule has 1 N–H and O–H groups in total. The molecule has 0 atom stereocenters. The first-order chi connectivity index (χ1) is 8.63. The van der Waals surface area contributed by atoms with Crippen molar-refractivity contribution in [3.63, 3.8) is 0 Å². The molecule has 0 aromatic heterocycles. The molecule has 0 fully saturated rings. The molecular formula is C11H11F5O3. The Morgan fingerprint density at radius 2 is 1.53 bits per heavy atom. The summed E-state index contributed by atoms with van der Waals surface area (Å²) in [6, 6.07) is 3.70. The van der Waals surface area contributed by atoms with Gasteiger partial charge in [0.25, 0.3) is 0 Å². The predicted molar refractivity (Wildman–Crippen MR) is 56.6 cm³/mol. The van der Waals surface area contributed by atoms with E-state index >= 15 is 0 Å². The smallest absolute Gasteiger partial charge is 0.463 e. The van der Waals surface area contributed by atoms with Crippen molar-refractivity contribution in [2.45, 2.75) is 19.0 Å². The number of carboxylic acids is 1. The highest BCUT2D eigenvalue weighted by Gasteiger charge is 2.55. The van der Waals surface area contributed by atoms with Gasteiger partial charge in [-0.05, 0) is 24.3 Å². The van der Waals surface area contributed by atoms with Crippen molar-refractivity contribution < 1.29 is 36.6 Å². The van der Waals surface area contributed by atoms with Crippen molar-refractivity contribution in [2.75, 3.05) is 7.18 Å². The second-order valence-electron chi connectivity index (χ2n) is 3.34. The number of hydrogen-bond acceptors (Lipinski definition) is 2. The highest BCUT2D eigenvalue weighted by molar-refractivity contribution is 5.87. The number of halogens is 5. The van der Waals surface area contributed by atoms with Gasteiger partial charge in [0.2, 0.25) is 0 Å². The first-order valence-corrected chi connectivity index (χ1v) is 4.79. The second-order valence-corrected chi connectivity index (χ2v) is 3.34. The van der Waals surface area contributed by atoms with E-state index in [1.807, 2.05) is 0 Å². The number of carboxylic acid groups (broad SMARTS) is 1. The van der Waals surface area contributed by atoms with E-state index in [1.54, 1.807) is 0 Å². The summed E-state index contributed by atoms with van der Waals surface area (Å²) in [5.74, 6) is -6.14. The van der Waals surface area contributed by atoms with Crippen molar-refractivity contribution >= 4 is 5.97 Å². The van der Waals surface area contributed by atoms with Crippen LogP contribution in [0.15, 0.2) is 24.3 Å². The van der Waals surface area contributed by atoms with Gasteiger partial charge in [0.15, 0.2) is 0 Å². The van der Waals surface area contributed by atoms with Gasteiger partial charge < -0.3 is 9.84 Å². The summed E-state index contributed by atoms with van der Waals surface area (Å²) in [6.07, 6.45) is -4.66. The number of aromatic carboxylic acids is 1. The molecule has 0 aliphatic carbocycles. The van der Waals surface area contributed by atoms with Gasteiger partial charge in [0.1, 0.15) is 5.75 Å². The van der Waals surface area contributed by atoms with Crippen LogP contribution in [0.1, 0.15) is 17.3 Å². The lowest BCUT2D eigenvalue weighted by Gasteiger charge is -2.23. The minimum Gasteiger partial charge on any atom is -0.478 e. The number of rotatable bonds is 4. The number of benzene rings is 1. The summed E-state index contributed by atoms with van der Waals surface area (Å²) in [7, 11) is 0.500. The Labute approximate surface area is 105 Å². The van der Waals surface area contributed by atoms with Crippen molar-refractivity contribution in [2.24, 2.45) is 0 Å². The molecule has 0 spiro atoms. The molecule has 3 nitrogen and oxygen atoms in total. The van der Waals surface area contributed by atoms with Gasteiger partial charge in [-0.15, -0.1) is 0 Å². The van der Waals surface area contributed by atoms with Crippen LogP contribution in [0.25, 0.3) is 0 Å². The van der Waals surface area contributed by atoms with Crippen molar-refractivity contribution in [3.8, 4) is 5.75 Å². The Hall–Kier alpha value is -1.86. The molecule has 0 saturated heterocycles. The molecule has 0 aliphatic heterocycles. The fraction of sp³-hybridized carbons (Fsp3) is 0.364. The van der Waals surface area contributed by atoms with Gasteiger partial charge >= 0.3 is 18.0 Å². The number of hydrogen-bond donors (Lipinski definition) is 1. The maximum atomic E-state index is 12.8. The lowest BCUT2D eigenvalue weighted by Crippen LogP contribution is -2.42. The second kappa shape index (κ2) is 6.35. The summed E-state index contributed by atoms with van der Waals surface area (Å²) >= 11 is 0. The standard InChI is InChI=1S/C10H8F4O3.CH3F/c1-9(11,12)10(13,14)17-7-4-2-6(3-5-7)8(15)16;1-2/h2-5H,1H3,(H,15,16);1H3. The van der Waals surface area contributed by atoms with E-state index in [-0.39, 0.29) is 12.5 Å². The normalized spacial score (nSPS) is 11.3. The topological polar surface area (TPSA) is 46.5 Å². The zero-order valence-corrected chi connectivity index (χ0v) is 9.96. The third kappa shape index (κ3) is 4.72. The van der Waals surface area contributed by atoms with Gasteiger partial charge in [0.05, 0.1) is 12.7 Å². The minimum absolute atomic E-state index is 0.0264. The fourth-order valence-electron chi connectivity index (χ4n) is 0.903. The molecular weight excluding hydrogens is 275 g/mol. The molecule has 1 aromatic rings. The van der Waals surface area contributed by atoms with Gasteiger partial charge in [-0.25, -0.2) is 4.79 Å². The van der Waals surface area contributed by atoms with E-state index in [9.17, 15) is 26.7 Å². The summed E-state index contributed by atoms with van der Waals surface area (Å²) in [4.78, 5) is 10.4. The lowest BCUT2D eigenvalue weighted by molar-refractivity contribution is -0.301. The maximum absolute atomic E-state index is 12.8. The zero-order valence-electron chi connectivity index (χ0n) is 9.96. The lowest BCUT2D eigenvalue weighted by atomic mass is 10.2. The van der Waals surface area contributed by atoms with Crippen LogP contribution in [-0.2, 0) is 0 Å². The van der Waals surface area contributed by atoms with Crippen LogP contribution in [0.2, 0.25) is 0 Å². The molecule has 0 aliphatic rings. The predicted octanol–water partition coefficient (Wildman–Crippen LogP) is 3.60. The largest absolute Gasteiger partial charge is 0.478 e. The average molecular weight is 286 g/mol. The number of alkyl halides is 5. The van der Waals surface area contributed by atoms with Crippen LogP contribution < -0.4 is 4.74 Å². The Morgan fingerprint density at radius 1 is 1.11 bits per heavy atom. The first-order valence-electron chi connectivity index (χ1n) is 4.79. The van der Waals surface area contributed by atoms with E-state index in [4.69, 9.17) is 5.11 Å². The van der Waals surface area contributed by atoms with Gasteiger partial charge in [-0.2, -0.15) is 17.6 Å². The summed E-state index contributed by atoms with van der Waals surface area (Å²) < 4.78 is 63.7. The zero-order chi connectivity index (χ0) is 15.3. The first kappa shape index (κ1) is 17.1. The molecule has 19 heavy (non-hydrogen) atoms. The molecule has 0 unspecified atom stereocenters. The quantitative estimate of drug-likeness (QED) is 0.860. The molecule has 0 amide bonds. The number of carbonyl (C=O) groups is 1. The van der Waals surface area contributed by atoms with E-state index in [2.05, 4.69) is 4.74 Å². The Balaban J connectivity index is 0.00000154. The molecule has 8 heteroatoms. The summed E-state index contributed by atoms with van der Waals surface area (Å²) in [6.45, 7) is 0.0264. The Bertz CT molecular complexity index is 411. The number of ether oxygens (including phenoxy) is 1. The highest BCUT2D eigenvalue weighted by Crippen LogP contribution is 2.35. The third-order valence-electron chi connectivity index (χ3n) is 1.86. The van der Waals surface area contributed by atoms with Gasteiger partial charge in [-0.3, -0.25) is 4.39 Å². The average Bonchev–Trinajstić information content (AvgIpc) is 2.30. The SMILES string of the molecule is CC(F)(F)C(F)(F)Oc1ccc(C(=O)O)cc1.CF. The molecule has 108 valence electrons. The van der Waals surface area contributed by atoms with Crippen LogP contribution in [0.4, 0.5) is 22.0 Å². The highest BCUT2D eigenvalue weighted by atomic mass is 19.3. The van der Waals surface area contributed by atoms with Crippen LogP contribution in [0.5, 0.6) is 5.75 Å². The summed E-state index contributed by atoms with van der Waals surface area (Å²) in [5.41, 5.74) is -0.163. The minimum atomic E-state index is -4.66. The van der Waals surface area contributed by atoms with E-state index in [0.717, 1.165) is 24.3 Å². The molecule has 0 bridgehead atoms. The van der Waals surface area contributed by atoms with Crippen molar-refractivity contribution in [1.29, 1.82) is 0 Å². The van der Waals surface area contributed by atoms with Crippen LogP contribution in [-0.4, -0.2) is 30.3 Å². The molecule has 0 heterocycles. The monoisotopic (exact) mass is 286 g/mol. The molecule has 1 rings (SSSR count). The maximum Gasteiger partial charge on any atom is 0.463 e. The van der Waals surface area contributed by atoms with Crippen molar-refractivity contribution in [1.82, 2.24) is 0 Å². The Kier molecular flexibility index (Phi) is 5.73. The van der Waals surface area contributed by atoms with Crippen LogP contribution in [0, 0.1) is 0 Å². The molecule has 1 aromatic carbocycles. The Morgan fingerprint density at radius 3 is 1.84 bits per heavy atom. The van der Waals surface area contributed by atoms with Gasteiger partial charge in [0, 0.05) is 6.92 Å². The van der Waals surface area contributed by atoms with E-state index in [0.29, 0.717) is 7.18 Å². The fourth-order valence-corrected chi connectivity index (χ4v) is 0.903. The van der Waals surface area contributed by atoms with E-state index < -0.39 is 23.7 Å². The van der Waals surface area contributed by atoms with Crippen molar-refractivity contribution in [3.05, 3.63) is 29.8 Å². The summed E-state index contributed by atoms with van der Waals surface area (Å²) in [5, 5.41) is 8.53.